The third-order valence-electron chi connectivity index (χ3n) is 2.47. The van der Waals surface area contributed by atoms with E-state index in [0.29, 0.717) is 0 Å². The maximum absolute atomic E-state index is 10.6. The molecule has 1 fully saturated rings. The topological polar surface area (TPSA) is 42.2 Å². The van der Waals surface area contributed by atoms with Crippen molar-refractivity contribution in [3.63, 3.8) is 0 Å². The molecule has 64 valence electrons. The summed E-state index contributed by atoms with van der Waals surface area (Å²) in [5.74, 6) is -0.553. The van der Waals surface area contributed by atoms with E-state index < -0.39 is 5.97 Å². The van der Waals surface area contributed by atoms with Crippen LogP contribution in [0.3, 0.4) is 0 Å². The second-order valence-electron chi connectivity index (χ2n) is 3.33. The number of hydrogen-bond donors (Lipinski definition) is 1. The molecule has 1 saturated carbocycles. The summed E-state index contributed by atoms with van der Waals surface area (Å²) in [5.41, 5.74) is 1.14. The van der Waals surface area contributed by atoms with Crippen LogP contribution in [0.15, 0.2) is 18.3 Å². The van der Waals surface area contributed by atoms with Crippen LogP contribution in [0.2, 0.25) is 0 Å². The molecule has 1 aromatic rings. The summed E-state index contributed by atoms with van der Waals surface area (Å²) in [4.78, 5) is 10.6. The molecule has 0 spiro atoms. The molecular weight excluding hydrogens is 154 g/mol. The maximum atomic E-state index is 10.6. The third kappa shape index (κ3) is 1.02. The summed E-state index contributed by atoms with van der Waals surface area (Å²) in [7, 11) is 1.95. The molecule has 12 heavy (non-hydrogen) atoms. The normalized spacial score (nSPS) is 27.1. The van der Waals surface area contributed by atoms with Crippen molar-refractivity contribution in [2.45, 2.75) is 12.3 Å². The van der Waals surface area contributed by atoms with Gasteiger partial charge in [-0.25, -0.2) is 0 Å². The molecule has 1 heterocycles. The van der Waals surface area contributed by atoms with Crippen molar-refractivity contribution in [1.29, 1.82) is 0 Å². The Balaban J connectivity index is 2.15. The van der Waals surface area contributed by atoms with Crippen LogP contribution < -0.4 is 0 Å². The first kappa shape index (κ1) is 7.40. The van der Waals surface area contributed by atoms with Gasteiger partial charge in [0.25, 0.3) is 0 Å². The van der Waals surface area contributed by atoms with Crippen molar-refractivity contribution in [3.8, 4) is 0 Å². The van der Waals surface area contributed by atoms with Gasteiger partial charge in [-0.15, -0.1) is 0 Å². The Kier molecular flexibility index (Phi) is 1.46. The highest BCUT2D eigenvalue weighted by Crippen LogP contribution is 2.47. The smallest absolute Gasteiger partial charge is 0.307 e. The molecule has 3 heteroatoms. The maximum Gasteiger partial charge on any atom is 0.307 e. The largest absolute Gasteiger partial charge is 0.481 e. The van der Waals surface area contributed by atoms with Gasteiger partial charge in [0, 0.05) is 24.9 Å². The minimum Gasteiger partial charge on any atom is -0.481 e. The van der Waals surface area contributed by atoms with Crippen molar-refractivity contribution in [3.05, 3.63) is 24.0 Å². The Bertz CT molecular complexity index is 316. The van der Waals surface area contributed by atoms with E-state index in [2.05, 4.69) is 0 Å². The van der Waals surface area contributed by atoms with Crippen LogP contribution in [0, 0.1) is 5.92 Å². The van der Waals surface area contributed by atoms with Crippen molar-refractivity contribution in [2.75, 3.05) is 0 Å². The second-order valence-corrected chi connectivity index (χ2v) is 3.33. The fourth-order valence-electron chi connectivity index (χ4n) is 1.65. The average molecular weight is 165 g/mol. The summed E-state index contributed by atoms with van der Waals surface area (Å²) in [6.45, 7) is 0. The van der Waals surface area contributed by atoms with E-state index >= 15 is 0 Å². The van der Waals surface area contributed by atoms with Crippen LogP contribution in [0.4, 0.5) is 0 Å². The lowest BCUT2D eigenvalue weighted by molar-refractivity contribution is -0.138. The molecule has 0 aliphatic heterocycles. The Morgan fingerprint density at radius 2 is 2.50 bits per heavy atom. The Morgan fingerprint density at radius 1 is 1.75 bits per heavy atom. The Labute approximate surface area is 70.6 Å². The number of nitrogens with zero attached hydrogens (tertiary/aromatic N) is 1. The van der Waals surface area contributed by atoms with E-state index in [-0.39, 0.29) is 11.8 Å². The zero-order valence-corrected chi connectivity index (χ0v) is 6.90. The van der Waals surface area contributed by atoms with Gasteiger partial charge in [-0.3, -0.25) is 4.79 Å². The highest BCUT2D eigenvalue weighted by molar-refractivity contribution is 5.75. The first-order chi connectivity index (χ1) is 5.70. The molecule has 0 saturated heterocycles. The number of aryl methyl sites for hydroxylation is 1. The number of carbonyl (C=O) groups is 1. The standard InChI is InChI=1S/C9H11NO2/c1-10-4-2-3-8(10)6-5-7(6)9(11)12/h2-4,6-7H,5H2,1H3,(H,11,12)/t6-,7+/m0/s1. The molecule has 1 aromatic heterocycles. The summed E-state index contributed by atoms with van der Waals surface area (Å²) in [6, 6.07) is 3.94. The van der Waals surface area contributed by atoms with Gasteiger partial charge in [0.2, 0.25) is 0 Å². The molecule has 0 aromatic carbocycles. The van der Waals surface area contributed by atoms with Gasteiger partial charge in [0.1, 0.15) is 0 Å². The molecule has 1 aliphatic carbocycles. The molecule has 3 nitrogen and oxygen atoms in total. The minimum absolute atomic E-state index is 0.140. The first-order valence-electron chi connectivity index (χ1n) is 4.04. The average Bonchev–Trinajstić information content (AvgIpc) is 2.70. The number of hydrogen-bond acceptors (Lipinski definition) is 1. The van der Waals surface area contributed by atoms with Crippen LogP contribution in [-0.2, 0) is 11.8 Å². The van der Waals surface area contributed by atoms with Crippen LogP contribution in [0.25, 0.3) is 0 Å². The monoisotopic (exact) mass is 165 g/mol. The quantitative estimate of drug-likeness (QED) is 0.715. The summed E-state index contributed by atoms with van der Waals surface area (Å²) >= 11 is 0. The number of carboxylic acids is 1. The van der Waals surface area contributed by atoms with Gasteiger partial charge >= 0.3 is 5.97 Å². The van der Waals surface area contributed by atoms with Crippen LogP contribution in [0.5, 0.6) is 0 Å². The van der Waals surface area contributed by atoms with Gasteiger partial charge in [-0.2, -0.15) is 0 Å². The van der Waals surface area contributed by atoms with E-state index in [1.807, 2.05) is 29.9 Å². The van der Waals surface area contributed by atoms with Crippen molar-refractivity contribution >= 4 is 5.97 Å². The summed E-state index contributed by atoms with van der Waals surface area (Å²) in [5, 5.41) is 8.70. The number of aliphatic carboxylic acids is 1. The third-order valence-corrected chi connectivity index (χ3v) is 2.47. The molecule has 0 unspecified atom stereocenters. The number of aromatic nitrogens is 1. The van der Waals surface area contributed by atoms with E-state index in [1.165, 1.54) is 0 Å². The second kappa shape index (κ2) is 2.37. The molecule has 0 radical (unpaired) electrons. The fourth-order valence-corrected chi connectivity index (χ4v) is 1.65. The van der Waals surface area contributed by atoms with Gasteiger partial charge in [-0.05, 0) is 18.6 Å². The number of carboxylic acid groups (broad SMARTS) is 1. The molecule has 1 N–H and O–H groups in total. The van der Waals surface area contributed by atoms with Crippen LogP contribution in [0.1, 0.15) is 18.0 Å². The fraction of sp³-hybridized carbons (Fsp3) is 0.444. The Morgan fingerprint density at radius 3 is 2.92 bits per heavy atom. The number of rotatable bonds is 2. The van der Waals surface area contributed by atoms with Gasteiger partial charge in [0.15, 0.2) is 0 Å². The molecular formula is C9H11NO2. The van der Waals surface area contributed by atoms with Gasteiger partial charge in [0.05, 0.1) is 5.92 Å². The zero-order valence-electron chi connectivity index (χ0n) is 6.90. The highest BCUT2D eigenvalue weighted by Gasteiger charge is 2.45. The van der Waals surface area contributed by atoms with E-state index in [1.54, 1.807) is 0 Å². The minimum atomic E-state index is -0.666. The van der Waals surface area contributed by atoms with E-state index in [0.717, 1.165) is 12.1 Å². The Hall–Kier alpha value is -1.25. The SMILES string of the molecule is Cn1cccc1[C@H]1C[C@H]1C(=O)O. The van der Waals surface area contributed by atoms with Crippen LogP contribution >= 0.6 is 0 Å². The predicted octanol–water partition coefficient (Wildman–Crippen LogP) is 1.21. The molecule has 0 amide bonds. The first-order valence-corrected chi connectivity index (χ1v) is 4.04. The molecule has 2 atom stereocenters. The van der Waals surface area contributed by atoms with Gasteiger partial charge in [-0.1, -0.05) is 0 Å². The van der Waals surface area contributed by atoms with E-state index in [4.69, 9.17) is 5.11 Å². The lowest BCUT2D eigenvalue weighted by Gasteiger charge is -1.99. The van der Waals surface area contributed by atoms with Crippen molar-refractivity contribution < 1.29 is 9.90 Å². The van der Waals surface area contributed by atoms with E-state index in [9.17, 15) is 4.79 Å². The summed E-state index contributed by atoms with van der Waals surface area (Å²) in [6.07, 6.45) is 2.75. The lowest BCUT2D eigenvalue weighted by atomic mass is 10.2. The lowest BCUT2D eigenvalue weighted by Crippen LogP contribution is -2.01. The zero-order chi connectivity index (χ0) is 8.72. The predicted molar refractivity (Wildman–Crippen MR) is 43.9 cm³/mol. The molecule has 0 bridgehead atoms. The molecule has 2 rings (SSSR count). The van der Waals surface area contributed by atoms with Crippen molar-refractivity contribution in [2.24, 2.45) is 13.0 Å². The molecule has 1 aliphatic rings. The highest BCUT2D eigenvalue weighted by atomic mass is 16.4. The summed E-state index contributed by atoms with van der Waals surface area (Å²) < 4.78 is 1.99. The van der Waals surface area contributed by atoms with Crippen LogP contribution in [-0.4, -0.2) is 15.6 Å². The van der Waals surface area contributed by atoms with Gasteiger partial charge < -0.3 is 9.67 Å². The van der Waals surface area contributed by atoms with Crippen molar-refractivity contribution in [1.82, 2.24) is 4.57 Å².